The van der Waals surface area contributed by atoms with E-state index in [0.29, 0.717) is 5.41 Å². The molecular weight excluding hydrogens is 218 g/mol. The van der Waals surface area contributed by atoms with Gasteiger partial charge in [-0.25, -0.2) is 0 Å². The lowest BCUT2D eigenvalue weighted by Gasteiger charge is -2.53. The molecule has 1 aromatic rings. The minimum atomic E-state index is 0.327. The van der Waals surface area contributed by atoms with E-state index in [2.05, 4.69) is 57.0 Å². The van der Waals surface area contributed by atoms with Crippen LogP contribution < -0.4 is 4.90 Å². The highest BCUT2D eigenvalue weighted by Crippen LogP contribution is 2.51. The highest BCUT2D eigenvalue weighted by Gasteiger charge is 2.46. The van der Waals surface area contributed by atoms with Crippen LogP contribution in [0.1, 0.15) is 45.6 Å². The summed E-state index contributed by atoms with van der Waals surface area (Å²) in [5.41, 5.74) is 3.33. The fourth-order valence-corrected chi connectivity index (χ4v) is 4.33. The lowest BCUT2D eigenvalue weighted by molar-refractivity contribution is 0.156. The van der Waals surface area contributed by atoms with Gasteiger partial charge in [-0.05, 0) is 41.7 Å². The standard InChI is InChI=1S/C17H25N/c1-12-9-10-14-16(11-12)18(4)15-8-6-5-7-13(15)17(14,2)3/h5-8,12,14,16H,9-11H2,1-4H3/t12-,14-,16-/m1/s1. The molecule has 2 aliphatic rings. The lowest BCUT2D eigenvalue weighted by atomic mass is 9.60. The lowest BCUT2D eigenvalue weighted by Crippen LogP contribution is -2.53. The van der Waals surface area contributed by atoms with Crippen LogP contribution in [0, 0.1) is 11.8 Å². The topological polar surface area (TPSA) is 3.24 Å². The molecule has 98 valence electrons. The monoisotopic (exact) mass is 243 g/mol. The zero-order valence-electron chi connectivity index (χ0n) is 12.1. The molecule has 3 rings (SSSR count). The number of para-hydroxylation sites is 1. The van der Waals surface area contributed by atoms with Crippen LogP contribution in [0.2, 0.25) is 0 Å². The summed E-state index contributed by atoms with van der Waals surface area (Å²) in [6, 6.07) is 9.74. The number of hydrogen-bond acceptors (Lipinski definition) is 1. The van der Waals surface area contributed by atoms with Crippen molar-refractivity contribution in [3.05, 3.63) is 29.8 Å². The summed E-state index contributed by atoms with van der Waals surface area (Å²) >= 11 is 0. The first kappa shape index (κ1) is 12.1. The van der Waals surface area contributed by atoms with Crippen molar-refractivity contribution in [2.24, 2.45) is 11.8 Å². The Morgan fingerprint density at radius 2 is 1.89 bits per heavy atom. The van der Waals surface area contributed by atoms with Crippen LogP contribution in [-0.2, 0) is 5.41 Å². The number of fused-ring (bicyclic) bond motifs is 2. The van der Waals surface area contributed by atoms with E-state index >= 15 is 0 Å². The molecule has 1 saturated carbocycles. The molecule has 0 aromatic heterocycles. The molecule has 0 spiro atoms. The summed E-state index contributed by atoms with van der Waals surface area (Å²) in [6.45, 7) is 7.32. The van der Waals surface area contributed by atoms with E-state index in [9.17, 15) is 0 Å². The average molecular weight is 243 g/mol. The maximum absolute atomic E-state index is 2.56. The van der Waals surface area contributed by atoms with Crippen molar-refractivity contribution in [2.45, 2.75) is 51.5 Å². The highest BCUT2D eigenvalue weighted by atomic mass is 15.2. The number of rotatable bonds is 0. The first-order valence-corrected chi connectivity index (χ1v) is 7.34. The van der Waals surface area contributed by atoms with E-state index in [1.54, 1.807) is 5.56 Å². The predicted molar refractivity (Wildman–Crippen MR) is 78.2 cm³/mol. The molecule has 0 bridgehead atoms. The van der Waals surface area contributed by atoms with E-state index in [4.69, 9.17) is 0 Å². The molecular formula is C17H25N. The molecule has 18 heavy (non-hydrogen) atoms. The van der Waals surface area contributed by atoms with Crippen LogP contribution in [0.25, 0.3) is 0 Å². The number of anilines is 1. The van der Waals surface area contributed by atoms with E-state index in [1.807, 2.05) is 0 Å². The number of nitrogens with zero attached hydrogens (tertiary/aromatic N) is 1. The third kappa shape index (κ3) is 1.60. The third-order valence-electron chi connectivity index (χ3n) is 5.48. The normalized spacial score (nSPS) is 33.8. The van der Waals surface area contributed by atoms with Crippen molar-refractivity contribution in [3.8, 4) is 0 Å². The predicted octanol–water partition coefficient (Wildman–Crippen LogP) is 4.22. The summed E-state index contributed by atoms with van der Waals surface area (Å²) in [5.74, 6) is 1.70. The zero-order chi connectivity index (χ0) is 12.9. The Balaban J connectivity index is 2.09. The van der Waals surface area contributed by atoms with Gasteiger partial charge in [0.2, 0.25) is 0 Å². The van der Waals surface area contributed by atoms with E-state index in [-0.39, 0.29) is 0 Å². The molecule has 0 amide bonds. The Kier molecular flexibility index (Phi) is 2.69. The van der Waals surface area contributed by atoms with Gasteiger partial charge in [-0.3, -0.25) is 0 Å². The second kappa shape index (κ2) is 4.01. The van der Waals surface area contributed by atoms with Crippen LogP contribution in [0.15, 0.2) is 24.3 Å². The minimum absolute atomic E-state index is 0.327. The van der Waals surface area contributed by atoms with Gasteiger partial charge in [0.1, 0.15) is 0 Å². The Morgan fingerprint density at radius 1 is 1.17 bits per heavy atom. The van der Waals surface area contributed by atoms with Gasteiger partial charge in [0.25, 0.3) is 0 Å². The van der Waals surface area contributed by atoms with E-state index < -0.39 is 0 Å². The van der Waals surface area contributed by atoms with Gasteiger partial charge in [-0.15, -0.1) is 0 Å². The maximum Gasteiger partial charge on any atom is 0.0404 e. The van der Waals surface area contributed by atoms with Crippen LogP contribution in [0.3, 0.4) is 0 Å². The number of benzene rings is 1. The van der Waals surface area contributed by atoms with E-state index in [0.717, 1.165) is 17.9 Å². The molecule has 1 heteroatoms. The van der Waals surface area contributed by atoms with Gasteiger partial charge >= 0.3 is 0 Å². The van der Waals surface area contributed by atoms with Crippen LogP contribution in [0.4, 0.5) is 5.69 Å². The summed E-state index contributed by atoms with van der Waals surface area (Å²) in [7, 11) is 2.30. The third-order valence-corrected chi connectivity index (χ3v) is 5.48. The van der Waals surface area contributed by atoms with Gasteiger partial charge in [-0.1, -0.05) is 45.4 Å². The summed E-state index contributed by atoms with van der Waals surface area (Å²) in [5, 5.41) is 0. The highest BCUT2D eigenvalue weighted by molar-refractivity contribution is 5.60. The van der Waals surface area contributed by atoms with Crippen LogP contribution >= 0.6 is 0 Å². The summed E-state index contributed by atoms with van der Waals surface area (Å²) < 4.78 is 0. The van der Waals surface area contributed by atoms with Crippen molar-refractivity contribution in [2.75, 3.05) is 11.9 Å². The fourth-order valence-electron chi connectivity index (χ4n) is 4.33. The maximum atomic E-state index is 2.56. The molecule has 1 nitrogen and oxygen atoms in total. The molecule has 1 fully saturated rings. The summed E-state index contributed by atoms with van der Waals surface area (Å²) in [4.78, 5) is 2.56. The van der Waals surface area contributed by atoms with Crippen molar-refractivity contribution < 1.29 is 0 Å². The smallest absolute Gasteiger partial charge is 0.0404 e. The Bertz CT molecular complexity index is 449. The van der Waals surface area contributed by atoms with Gasteiger partial charge in [0, 0.05) is 18.8 Å². The van der Waals surface area contributed by atoms with Crippen molar-refractivity contribution in [1.29, 1.82) is 0 Å². The molecule has 0 radical (unpaired) electrons. The molecule has 1 aliphatic carbocycles. The Hall–Kier alpha value is -0.980. The SMILES string of the molecule is C[C@@H]1CC[C@@H]2[C@@H](C1)N(C)c1ccccc1C2(C)C. The molecule has 1 aromatic carbocycles. The average Bonchev–Trinajstić information content (AvgIpc) is 2.36. The molecule has 3 atom stereocenters. The van der Waals surface area contributed by atoms with Crippen molar-refractivity contribution in [1.82, 2.24) is 0 Å². The van der Waals surface area contributed by atoms with Gasteiger partial charge in [0.15, 0.2) is 0 Å². The largest absolute Gasteiger partial charge is 0.371 e. The molecule has 1 aliphatic heterocycles. The second-order valence-corrected chi connectivity index (χ2v) is 6.94. The Morgan fingerprint density at radius 3 is 2.67 bits per heavy atom. The fraction of sp³-hybridized carbons (Fsp3) is 0.647. The van der Waals surface area contributed by atoms with Gasteiger partial charge in [0.05, 0.1) is 0 Å². The number of hydrogen-bond donors (Lipinski definition) is 0. The molecule has 0 unspecified atom stereocenters. The first-order valence-electron chi connectivity index (χ1n) is 7.34. The second-order valence-electron chi connectivity index (χ2n) is 6.94. The molecule has 0 N–H and O–H groups in total. The first-order chi connectivity index (χ1) is 8.51. The molecule has 0 saturated heterocycles. The summed E-state index contributed by atoms with van der Waals surface area (Å²) in [6.07, 6.45) is 4.15. The van der Waals surface area contributed by atoms with Crippen molar-refractivity contribution in [3.63, 3.8) is 0 Å². The van der Waals surface area contributed by atoms with Crippen LogP contribution in [-0.4, -0.2) is 13.1 Å². The van der Waals surface area contributed by atoms with Crippen LogP contribution in [0.5, 0.6) is 0 Å². The minimum Gasteiger partial charge on any atom is -0.371 e. The van der Waals surface area contributed by atoms with E-state index in [1.165, 1.54) is 24.9 Å². The van der Waals surface area contributed by atoms with Gasteiger partial charge < -0.3 is 4.90 Å². The molecule has 1 heterocycles. The Labute approximate surface area is 111 Å². The quantitative estimate of drug-likeness (QED) is 0.659. The van der Waals surface area contributed by atoms with Crippen molar-refractivity contribution >= 4 is 5.69 Å². The van der Waals surface area contributed by atoms with Gasteiger partial charge in [-0.2, -0.15) is 0 Å². The zero-order valence-corrected chi connectivity index (χ0v) is 12.1.